The van der Waals surface area contributed by atoms with Crippen molar-refractivity contribution in [3.8, 4) is 0 Å². The number of rotatable bonds is 10. The number of anilines is 2. The van der Waals surface area contributed by atoms with E-state index in [1.807, 2.05) is 31.2 Å². The monoisotopic (exact) mass is 293 g/mol. The van der Waals surface area contributed by atoms with Crippen molar-refractivity contribution in [2.75, 3.05) is 36.5 Å². The molecule has 0 fully saturated rings. The zero-order chi connectivity index (χ0) is 15.5. The minimum absolute atomic E-state index is 0.0440. The largest absolute Gasteiger partial charge is 0.395 e. The van der Waals surface area contributed by atoms with Gasteiger partial charge in [0, 0.05) is 30.9 Å². The first-order chi connectivity index (χ1) is 10.2. The number of aliphatic hydroxyl groups is 1. The topological polar surface area (TPSA) is 78.6 Å². The predicted octanol–water partition coefficient (Wildman–Crippen LogP) is 1.96. The van der Waals surface area contributed by atoms with E-state index in [1.165, 1.54) is 0 Å². The van der Waals surface area contributed by atoms with Gasteiger partial charge in [-0.15, -0.1) is 0 Å². The van der Waals surface area contributed by atoms with E-state index < -0.39 is 0 Å². The molecule has 1 amide bonds. The van der Waals surface area contributed by atoms with Crippen molar-refractivity contribution in [1.29, 1.82) is 0 Å². The van der Waals surface area contributed by atoms with Gasteiger partial charge < -0.3 is 21.1 Å². The van der Waals surface area contributed by atoms with Gasteiger partial charge >= 0.3 is 0 Å². The summed E-state index contributed by atoms with van der Waals surface area (Å²) in [7, 11) is 0. The summed E-state index contributed by atoms with van der Waals surface area (Å²) in [5.74, 6) is 0.0440. The lowest BCUT2D eigenvalue weighted by Gasteiger charge is -2.22. The molecular formula is C16H27N3O2. The molecule has 5 heteroatoms. The van der Waals surface area contributed by atoms with Gasteiger partial charge in [0.25, 0.3) is 0 Å². The van der Waals surface area contributed by atoms with Crippen LogP contribution in [0.25, 0.3) is 0 Å². The number of hydrogen-bond acceptors (Lipinski definition) is 4. The van der Waals surface area contributed by atoms with Gasteiger partial charge in [0.2, 0.25) is 5.91 Å². The van der Waals surface area contributed by atoms with Crippen LogP contribution in [0.1, 0.15) is 32.6 Å². The van der Waals surface area contributed by atoms with E-state index in [9.17, 15) is 4.79 Å². The lowest BCUT2D eigenvalue weighted by molar-refractivity contribution is -0.116. The quantitative estimate of drug-likeness (QED) is 0.576. The van der Waals surface area contributed by atoms with Crippen LogP contribution in [0.3, 0.4) is 0 Å². The van der Waals surface area contributed by atoms with Crippen LogP contribution in [0.5, 0.6) is 0 Å². The maximum atomic E-state index is 11.8. The number of amides is 1. The first-order valence-electron chi connectivity index (χ1n) is 7.67. The second-order valence-electron chi connectivity index (χ2n) is 5.00. The van der Waals surface area contributed by atoms with Gasteiger partial charge in [0.05, 0.1) is 6.61 Å². The van der Waals surface area contributed by atoms with Crippen LogP contribution >= 0.6 is 0 Å². The number of carbonyl (C=O) groups is 1. The zero-order valence-corrected chi connectivity index (χ0v) is 12.8. The number of unbranched alkanes of at least 4 members (excludes halogenated alkanes) is 2. The Morgan fingerprint density at radius 3 is 2.52 bits per heavy atom. The Morgan fingerprint density at radius 1 is 1.24 bits per heavy atom. The number of benzene rings is 1. The summed E-state index contributed by atoms with van der Waals surface area (Å²) in [6.07, 6.45) is 3.38. The molecule has 0 aliphatic carbocycles. The van der Waals surface area contributed by atoms with Crippen LogP contribution in [-0.4, -0.2) is 37.3 Å². The molecule has 1 aromatic rings. The molecule has 0 bridgehead atoms. The lowest BCUT2D eigenvalue weighted by Crippen LogP contribution is -2.26. The molecule has 21 heavy (non-hydrogen) atoms. The molecule has 0 saturated carbocycles. The minimum atomic E-state index is 0.0440. The van der Waals surface area contributed by atoms with Crippen molar-refractivity contribution < 1.29 is 9.90 Å². The lowest BCUT2D eigenvalue weighted by atomic mass is 10.2. The molecule has 0 aliphatic rings. The highest BCUT2D eigenvalue weighted by Gasteiger charge is 2.05. The minimum Gasteiger partial charge on any atom is -0.395 e. The highest BCUT2D eigenvalue weighted by molar-refractivity contribution is 5.90. The summed E-state index contributed by atoms with van der Waals surface area (Å²) >= 11 is 0. The van der Waals surface area contributed by atoms with Crippen LogP contribution in [-0.2, 0) is 4.79 Å². The van der Waals surface area contributed by atoms with Gasteiger partial charge in [-0.05, 0) is 50.6 Å². The Labute approximate surface area is 127 Å². The number of aliphatic hydroxyl groups excluding tert-OH is 1. The summed E-state index contributed by atoms with van der Waals surface area (Å²) in [6, 6.07) is 7.71. The molecule has 0 aliphatic heterocycles. The zero-order valence-electron chi connectivity index (χ0n) is 12.8. The summed E-state index contributed by atoms with van der Waals surface area (Å²) < 4.78 is 0. The molecular weight excluding hydrogens is 266 g/mol. The van der Waals surface area contributed by atoms with Gasteiger partial charge in [0.1, 0.15) is 0 Å². The summed E-state index contributed by atoms with van der Waals surface area (Å²) in [4.78, 5) is 13.8. The highest BCUT2D eigenvalue weighted by Crippen LogP contribution is 2.18. The van der Waals surface area contributed by atoms with Crippen LogP contribution in [0.4, 0.5) is 11.4 Å². The molecule has 1 rings (SSSR count). The number of nitrogens with zero attached hydrogens (tertiary/aromatic N) is 1. The van der Waals surface area contributed by atoms with Crippen LogP contribution in [0.2, 0.25) is 0 Å². The summed E-state index contributed by atoms with van der Waals surface area (Å²) in [5.41, 5.74) is 7.28. The van der Waals surface area contributed by atoms with Gasteiger partial charge in [-0.2, -0.15) is 0 Å². The second-order valence-corrected chi connectivity index (χ2v) is 5.00. The number of nitrogens with one attached hydrogen (secondary N) is 1. The van der Waals surface area contributed by atoms with Crippen molar-refractivity contribution in [2.45, 2.75) is 32.6 Å². The van der Waals surface area contributed by atoms with Crippen molar-refractivity contribution in [2.24, 2.45) is 5.73 Å². The average molecular weight is 293 g/mol. The van der Waals surface area contributed by atoms with E-state index in [1.54, 1.807) is 0 Å². The molecule has 1 aromatic carbocycles. The molecule has 0 heterocycles. The van der Waals surface area contributed by atoms with Crippen LogP contribution in [0, 0.1) is 0 Å². The van der Waals surface area contributed by atoms with E-state index >= 15 is 0 Å². The molecule has 5 nitrogen and oxygen atoms in total. The van der Waals surface area contributed by atoms with Gasteiger partial charge in [0.15, 0.2) is 0 Å². The molecule has 4 N–H and O–H groups in total. The van der Waals surface area contributed by atoms with Crippen molar-refractivity contribution in [3.05, 3.63) is 24.3 Å². The van der Waals surface area contributed by atoms with E-state index in [0.29, 0.717) is 19.5 Å². The van der Waals surface area contributed by atoms with Crippen LogP contribution < -0.4 is 16.0 Å². The Hall–Kier alpha value is -1.59. The highest BCUT2D eigenvalue weighted by atomic mass is 16.3. The molecule has 0 spiro atoms. The summed E-state index contributed by atoms with van der Waals surface area (Å²) in [6.45, 7) is 4.32. The smallest absolute Gasteiger partial charge is 0.224 e. The standard InChI is InChI=1S/C16H27N3O2/c1-2-19(12-13-20)15-9-7-14(8-10-15)18-16(21)6-4-3-5-11-17/h7-10,20H,2-6,11-13,17H2,1H3,(H,18,21). The molecule has 0 atom stereocenters. The maximum Gasteiger partial charge on any atom is 0.224 e. The Balaban J connectivity index is 2.44. The van der Waals surface area contributed by atoms with E-state index in [2.05, 4.69) is 10.2 Å². The van der Waals surface area contributed by atoms with Crippen molar-refractivity contribution in [1.82, 2.24) is 0 Å². The normalized spacial score (nSPS) is 10.4. The van der Waals surface area contributed by atoms with Gasteiger partial charge in [-0.25, -0.2) is 0 Å². The number of hydrogen-bond donors (Lipinski definition) is 3. The maximum absolute atomic E-state index is 11.8. The van der Waals surface area contributed by atoms with E-state index in [0.717, 1.165) is 37.2 Å². The molecule has 118 valence electrons. The van der Waals surface area contributed by atoms with Gasteiger partial charge in [-0.3, -0.25) is 4.79 Å². The number of carbonyl (C=O) groups excluding carboxylic acids is 1. The number of likely N-dealkylation sites (N-methyl/N-ethyl adjacent to an activating group) is 1. The Bertz CT molecular complexity index is 406. The first kappa shape index (κ1) is 17.5. The fourth-order valence-electron chi connectivity index (χ4n) is 2.18. The van der Waals surface area contributed by atoms with E-state index in [-0.39, 0.29) is 12.5 Å². The predicted molar refractivity (Wildman–Crippen MR) is 87.6 cm³/mol. The fourth-order valence-corrected chi connectivity index (χ4v) is 2.18. The first-order valence-corrected chi connectivity index (χ1v) is 7.67. The number of nitrogens with two attached hydrogens (primary N) is 1. The Morgan fingerprint density at radius 2 is 1.95 bits per heavy atom. The van der Waals surface area contributed by atoms with E-state index in [4.69, 9.17) is 10.8 Å². The van der Waals surface area contributed by atoms with Gasteiger partial charge in [-0.1, -0.05) is 6.42 Å². The third-order valence-corrected chi connectivity index (χ3v) is 3.38. The summed E-state index contributed by atoms with van der Waals surface area (Å²) in [5, 5.41) is 11.9. The fraction of sp³-hybridized carbons (Fsp3) is 0.562. The second kappa shape index (κ2) is 10.2. The molecule has 0 unspecified atom stereocenters. The molecule has 0 saturated heterocycles. The third-order valence-electron chi connectivity index (χ3n) is 3.38. The van der Waals surface area contributed by atoms with Crippen molar-refractivity contribution in [3.63, 3.8) is 0 Å². The van der Waals surface area contributed by atoms with Crippen molar-refractivity contribution >= 4 is 17.3 Å². The molecule has 0 aromatic heterocycles. The third kappa shape index (κ3) is 6.60. The Kier molecular flexibility index (Phi) is 8.47. The SMILES string of the molecule is CCN(CCO)c1ccc(NC(=O)CCCCCN)cc1. The van der Waals surface area contributed by atoms with Crippen LogP contribution in [0.15, 0.2) is 24.3 Å². The average Bonchev–Trinajstić information content (AvgIpc) is 2.50. The molecule has 0 radical (unpaired) electrons.